The number of aliphatic hydroxyl groups excluding tert-OH is 1. The lowest BCUT2D eigenvalue weighted by Crippen LogP contribution is -2.43. The molecule has 3 aliphatic carbocycles. The van der Waals surface area contributed by atoms with Crippen molar-refractivity contribution in [3.63, 3.8) is 0 Å². The Kier molecular flexibility index (Phi) is 3.01. The summed E-state index contributed by atoms with van der Waals surface area (Å²) in [5, 5.41) is 10.2. The summed E-state index contributed by atoms with van der Waals surface area (Å²) in [6.07, 6.45) is 10.8. The maximum Gasteiger partial charge on any atom is 0.0571 e. The topological polar surface area (TPSA) is 20.2 Å². The summed E-state index contributed by atoms with van der Waals surface area (Å²) in [5.74, 6) is 3.43. The largest absolute Gasteiger partial charge is 0.393 e. The van der Waals surface area contributed by atoms with Crippen molar-refractivity contribution in [2.24, 2.45) is 29.1 Å². The van der Waals surface area contributed by atoms with Gasteiger partial charge in [-0.3, -0.25) is 0 Å². The van der Waals surface area contributed by atoms with Crippen LogP contribution < -0.4 is 0 Å². The van der Waals surface area contributed by atoms with Crippen molar-refractivity contribution < 1.29 is 5.11 Å². The van der Waals surface area contributed by atoms with Gasteiger partial charge < -0.3 is 5.11 Å². The Morgan fingerprint density at radius 1 is 0.941 bits per heavy atom. The highest BCUT2D eigenvalue weighted by molar-refractivity contribution is 4.95. The van der Waals surface area contributed by atoms with Crippen LogP contribution in [0.25, 0.3) is 0 Å². The standard InChI is InChI=1S/C16H28O/c1-16(2)7-6-11-9-14-12(8-13(11)10-16)4-3-5-15(14)17/h11-15,17H,3-10H2,1-2H3. The highest BCUT2D eigenvalue weighted by Crippen LogP contribution is 2.53. The van der Waals surface area contributed by atoms with Crippen molar-refractivity contribution in [1.82, 2.24) is 0 Å². The van der Waals surface area contributed by atoms with Gasteiger partial charge >= 0.3 is 0 Å². The lowest BCUT2D eigenvalue weighted by Gasteiger charge is -2.51. The van der Waals surface area contributed by atoms with Gasteiger partial charge in [0.1, 0.15) is 0 Å². The van der Waals surface area contributed by atoms with Gasteiger partial charge in [-0.05, 0) is 74.0 Å². The predicted molar refractivity (Wildman–Crippen MR) is 70.7 cm³/mol. The molecule has 0 saturated heterocycles. The van der Waals surface area contributed by atoms with Crippen molar-refractivity contribution >= 4 is 0 Å². The first-order valence-electron chi connectivity index (χ1n) is 7.73. The molecule has 3 saturated carbocycles. The van der Waals surface area contributed by atoms with Gasteiger partial charge in [0, 0.05) is 0 Å². The van der Waals surface area contributed by atoms with Crippen LogP contribution in [0.3, 0.4) is 0 Å². The molecule has 0 heterocycles. The molecule has 98 valence electrons. The van der Waals surface area contributed by atoms with Crippen LogP contribution in [0.4, 0.5) is 0 Å². The molecule has 5 atom stereocenters. The van der Waals surface area contributed by atoms with E-state index in [1.54, 1.807) is 0 Å². The third kappa shape index (κ3) is 2.28. The third-order valence-electron chi connectivity index (χ3n) is 6.03. The molecule has 5 unspecified atom stereocenters. The van der Waals surface area contributed by atoms with Crippen molar-refractivity contribution in [2.75, 3.05) is 0 Å². The van der Waals surface area contributed by atoms with Gasteiger partial charge in [-0.2, -0.15) is 0 Å². The maximum absolute atomic E-state index is 10.2. The van der Waals surface area contributed by atoms with Crippen LogP contribution in [0.5, 0.6) is 0 Å². The molecule has 17 heavy (non-hydrogen) atoms. The minimum Gasteiger partial charge on any atom is -0.393 e. The van der Waals surface area contributed by atoms with Crippen molar-refractivity contribution in [3.8, 4) is 0 Å². The number of hydrogen-bond acceptors (Lipinski definition) is 1. The van der Waals surface area contributed by atoms with Gasteiger partial charge in [-0.25, -0.2) is 0 Å². The first-order valence-corrected chi connectivity index (χ1v) is 7.73. The number of aliphatic hydroxyl groups is 1. The molecule has 0 spiro atoms. The van der Waals surface area contributed by atoms with Gasteiger partial charge in [0.2, 0.25) is 0 Å². The Morgan fingerprint density at radius 3 is 2.59 bits per heavy atom. The highest BCUT2D eigenvalue weighted by atomic mass is 16.3. The van der Waals surface area contributed by atoms with E-state index in [2.05, 4.69) is 13.8 Å². The van der Waals surface area contributed by atoms with E-state index in [9.17, 15) is 5.11 Å². The zero-order chi connectivity index (χ0) is 12.0. The van der Waals surface area contributed by atoms with Crippen LogP contribution in [0.2, 0.25) is 0 Å². The van der Waals surface area contributed by atoms with E-state index in [1.807, 2.05) is 0 Å². The second kappa shape index (κ2) is 4.26. The molecule has 3 fully saturated rings. The van der Waals surface area contributed by atoms with Gasteiger partial charge in [-0.15, -0.1) is 0 Å². The zero-order valence-corrected chi connectivity index (χ0v) is 11.5. The molecule has 3 rings (SSSR count). The first-order chi connectivity index (χ1) is 8.05. The summed E-state index contributed by atoms with van der Waals surface area (Å²) in [7, 11) is 0. The molecule has 0 bridgehead atoms. The van der Waals surface area contributed by atoms with Crippen LogP contribution in [-0.2, 0) is 0 Å². The molecule has 3 aliphatic rings. The predicted octanol–water partition coefficient (Wildman–Crippen LogP) is 4.00. The van der Waals surface area contributed by atoms with E-state index in [0.29, 0.717) is 11.3 Å². The molecule has 0 aliphatic heterocycles. The molecular weight excluding hydrogens is 208 g/mol. The first kappa shape index (κ1) is 12.0. The molecule has 1 N–H and O–H groups in total. The average Bonchev–Trinajstić information content (AvgIpc) is 2.26. The summed E-state index contributed by atoms with van der Waals surface area (Å²) in [4.78, 5) is 0. The third-order valence-corrected chi connectivity index (χ3v) is 6.03. The Balaban J connectivity index is 1.71. The summed E-state index contributed by atoms with van der Waals surface area (Å²) >= 11 is 0. The minimum atomic E-state index is 0.0321. The highest BCUT2D eigenvalue weighted by Gasteiger charge is 2.45. The molecule has 1 heteroatoms. The van der Waals surface area contributed by atoms with Crippen molar-refractivity contribution in [1.29, 1.82) is 0 Å². The van der Waals surface area contributed by atoms with Crippen LogP contribution >= 0.6 is 0 Å². The normalized spacial score (nSPS) is 49.2. The Bertz CT molecular complexity index is 283. The van der Waals surface area contributed by atoms with Crippen molar-refractivity contribution in [2.45, 2.75) is 71.3 Å². The Labute approximate surface area is 106 Å². The Hall–Kier alpha value is -0.0400. The molecule has 0 aromatic rings. The molecular formula is C16H28O. The monoisotopic (exact) mass is 236 g/mol. The van der Waals surface area contributed by atoms with E-state index >= 15 is 0 Å². The molecule has 0 aromatic heterocycles. The van der Waals surface area contributed by atoms with Crippen LogP contribution in [0.15, 0.2) is 0 Å². The fraction of sp³-hybridized carbons (Fsp3) is 1.00. The fourth-order valence-corrected chi connectivity index (χ4v) is 5.09. The quantitative estimate of drug-likeness (QED) is 0.674. The number of hydrogen-bond donors (Lipinski definition) is 1. The average molecular weight is 236 g/mol. The van der Waals surface area contributed by atoms with E-state index in [4.69, 9.17) is 0 Å². The van der Waals surface area contributed by atoms with E-state index < -0.39 is 0 Å². The van der Waals surface area contributed by atoms with Gasteiger partial charge in [0.15, 0.2) is 0 Å². The number of rotatable bonds is 0. The van der Waals surface area contributed by atoms with E-state index in [0.717, 1.165) is 24.2 Å². The lowest BCUT2D eigenvalue weighted by molar-refractivity contribution is -0.0482. The minimum absolute atomic E-state index is 0.0321. The van der Waals surface area contributed by atoms with Gasteiger partial charge in [0.05, 0.1) is 6.10 Å². The van der Waals surface area contributed by atoms with Crippen molar-refractivity contribution in [3.05, 3.63) is 0 Å². The maximum atomic E-state index is 10.2. The van der Waals surface area contributed by atoms with Gasteiger partial charge in [0.25, 0.3) is 0 Å². The SMILES string of the molecule is CC1(C)CCC2CC3C(O)CCCC3CC2C1. The Morgan fingerprint density at radius 2 is 1.76 bits per heavy atom. The van der Waals surface area contributed by atoms with Crippen LogP contribution in [0.1, 0.15) is 65.2 Å². The summed E-state index contributed by atoms with van der Waals surface area (Å²) < 4.78 is 0. The van der Waals surface area contributed by atoms with Crippen LogP contribution in [0, 0.1) is 29.1 Å². The summed E-state index contributed by atoms with van der Waals surface area (Å²) in [6, 6.07) is 0. The summed E-state index contributed by atoms with van der Waals surface area (Å²) in [5.41, 5.74) is 0.585. The summed E-state index contributed by atoms with van der Waals surface area (Å²) in [6.45, 7) is 4.90. The second-order valence-electron chi connectivity index (χ2n) is 7.82. The smallest absolute Gasteiger partial charge is 0.0571 e. The fourth-order valence-electron chi connectivity index (χ4n) is 5.09. The zero-order valence-electron chi connectivity index (χ0n) is 11.5. The lowest BCUT2D eigenvalue weighted by atomic mass is 9.55. The van der Waals surface area contributed by atoms with Crippen LogP contribution in [-0.4, -0.2) is 11.2 Å². The second-order valence-corrected chi connectivity index (χ2v) is 7.82. The van der Waals surface area contributed by atoms with Gasteiger partial charge in [-0.1, -0.05) is 20.3 Å². The van der Waals surface area contributed by atoms with E-state index in [-0.39, 0.29) is 6.10 Å². The number of fused-ring (bicyclic) bond motifs is 2. The molecule has 0 radical (unpaired) electrons. The molecule has 0 aromatic carbocycles. The van der Waals surface area contributed by atoms with E-state index in [1.165, 1.54) is 44.9 Å². The molecule has 1 nitrogen and oxygen atoms in total. The molecule has 0 amide bonds.